The Hall–Kier alpha value is -1.90. The SMILES string of the molecule is CC[C@@H](/C=C/S(=O)(=O)CC)N1C(=O)[C@@](C)(CC2COC(C)(C)O2)C[C@H](c2cccc(Cl)c2)C1c1ccc(Cl)cc1. The van der Waals surface area contributed by atoms with E-state index < -0.39 is 27.1 Å². The number of halogens is 2. The number of benzene rings is 2. The molecule has 4 rings (SSSR count). The summed E-state index contributed by atoms with van der Waals surface area (Å²) in [5.74, 6) is -0.876. The Balaban J connectivity index is 1.87. The van der Waals surface area contributed by atoms with Crippen LogP contribution in [0, 0.1) is 5.41 Å². The van der Waals surface area contributed by atoms with E-state index in [0.717, 1.165) is 11.1 Å². The minimum atomic E-state index is -3.39. The molecule has 6 nitrogen and oxygen atoms in total. The van der Waals surface area contributed by atoms with Gasteiger partial charge in [-0.15, -0.1) is 0 Å². The van der Waals surface area contributed by atoms with Gasteiger partial charge in [0.25, 0.3) is 0 Å². The lowest BCUT2D eigenvalue weighted by atomic mass is 9.66. The number of piperidine rings is 1. The van der Waals surface area contributed by atoms with Crippen molar-refractivity contribution < 1.29 is 22.7 Å². The van der Waals surface area contributed by atoms with Crippen LogP contribution >= 0.6 is 23.2 Å². The fourth-order valence-electron chi connectivity index (χ4n) is 6.03. The lowest BCUT2D eigenvalue weighted by molar-refractivity contribution is -0.161. The third-order valence-electron chi connectivity index (χ3n) is 8.02. The van der Waals surface area contributed by atoms with Crippen LogP contribution in [0.5, 0.6) is 0 Å². The lowest BCUT2D eigenvalue weighted by Gasteiger charge is -2.52. The molecule has 2 aromatic carbocycles. The molecule has 0 bridgehead atoms. The highest BCUT2D eigenvalue weighted by atomic mass is 35.5. The Morgan fingerprint density at radius 3 is 2.33 bits per heavy atom. The summed E-state index contributed by atoms with van der Waals surface area (Å²) in [6.07, 6.45) is 3.00. The summed E-state index contributed by atoms with van der Waals surface area (Å²) in [7, 11) is -3.39. The smallest absolute Gasteiger partial charge is 0.229 e. The van der Waals surface area contributed by atoms with Gasteiger partial charge in [-0.05, 0) is 68.5 Å². The largest absolute Gasteiger partial charge is 0.348 e. The quantitative estimate of drug-likeness (QED) is 0.298. The molecule has 2 fully saturated rings. The average Bonchev–Trinajstić information content (AvgIpc) is 3.24. The second-order valence-electron chi connectivity index (χ2n) is 11.5. The molecule has 1 amide bonds. The number of rotatable bonds is 9. The zero-order valence-corrected chi connectivity index (χ0v) is 26.1. The molecular weight excluding hydrogens is 569 g/mol. The molecule has 218 valence electrons. The number of ether oxygens (including phenoxy) is 2. The Kier molecular flexibility index (Phi) is 9.42. The molecule has 40 heavy (non-hydrogen) atoms. The Morgan fingerprint density at radius 2 is 1.75 bits per heavy atom. The molecule has 0 aromatic heterocycles. The normalized spacial score (nSPS) is 27.8. The van der Waals surface area contributed by atoms with E-state index in [9.17, 15) is 13.2 Å². The fraction of sp³-hybridized carbons (Fsp3) is 0.516. The van der Waals surface area contributed by atoms with Gasteiger partial charge in [-0.25, -0.2) is 8.42 Å². The highest BCUT2D eigenvalue weighted by Gasteiger charge is 2.53. The molecule has 2 unspecified atom stereocenters. The molecule has 2 aromatic rings. The molecule has 2 aliphatic heterocycles. The molecular formula is C31H39Cl2NO5S. The predicted octanol–water partition coefficient (Wildman–Crippen LogP) is 7.33. The predicted molar refractivity (Wildman–Crippen MR) is 160 cm³/mol. The van der Waals surface area contributed by atoms with Gasteiger partial charge < -0.3 is 14.4 Å². The van der Waals surface area contributed by atoms with Crippen LogP contribution in [0.3, 0.4) is 0 Å². The van der Waals surface area contributed by atoms with Gasteiger partial charge in [-0.2, -0.15) is 0 Å². The lowest BCUT2D eigenvalue weighted by Crippen LogP contribution is -2.56. The van der Waals surface area contributed by atoms with Gasteiger partial charge in [0.1, 0.15) is 0 Å². The molecule has 2 saturated heterocycles. The Bertz CT molecular complexity index is 1340. The molecule has 5 atom stereocenters. The number of nitrogens with zero attached hydrogens (tertiary/aromatic N) is 1. The zero-order valence-electron chi connectivity index (χ0n) is 23.8. The first-order valence-electron chi connectivity index (χ1n) is 13.8. The van der Waals surface area contributed by atoms with E-state index in [1.165, 1.54) is 5.41 Å². The number of hydrogen-bond acceptors (Lipinski definition) is 5. The van der Waals surface area contributed by atoms with Crippen molar-refractivity contribution in [3.63, 3.8) is 0 Å². The van der Waals surface area contributed by atoms with Crippen molar-refractivity contribution in [1.29, 1.82) is 0 Å². The van der Waals surface area contributed by atoms with E-state index >= 15 is 0 Å². The van der Waals surface area contributed by atoms with E-state index in [4.69, 9.17) is 32.7 Å². The van der Waals surface area contributed by atoms with Crippen molar-refractivity contribution in [2.24, 2.45) is 5.41 Å². The summed E-state index contributed by atoms with van der Waals surface area (Å²) >= 11 is 12.7. The van der Waals surface area contributed by atoms with Crippen molar-refractivity contribution in [3.8, 4) is 0 Å². The molecule has 0 radical (unpaired) electrons. The Morgan fingerprint density at radius 1 is 1.05 bits per heavy atom. The average molecular weight is 609 g/mol. The van der Waals surface area contributed by atoms with Crippen LogP contribution in [0.25, 0.3) is 0 Å². The van der Waals surface area contributed by atoms with Gasteiger partial charge in [-0.3, -0.25) is 4.79 Å². The first-order valence-corrected chi connectivity index (χ1v) is 16.3. The fourth-order valence-corrected chi connectivity index (χ4v) is 6.97. The minimum absolute atomic E-state index is 0.00779. The minimum Gasteiger partial charge on any atom is -0.348 e. The number of amides is 1. The van der Waals surface area contributed by atoms with Gasteiger partial charge in [0.2, 0.25) is 5.91 Å². The second kappa shape index (κ2) is 12.1. The first-order chi connectivity index (χ1) is 18.8. The maximum absolute atomic E-state index is 14.7. The third kappa shape index (κ3) is 6.93. The van der Waals surface area contributed by atoms with Gasteiger partial charge in [0, 0.05) is 26.8 Å². The number of hydrogen-bond donors (Lipinski definition) is 0. The van der Waals surface area contributed by atoms with E-state index in [0.29, 0.717) is 35.9 Å². The van der Waals surface area contributed by atoms with Crippen LogP contribution in [-0.4, -0.2) is 49.5 Å². The van der Waals surface area contributed by atoms with Gasteiger partial charge in [0.15, 0.2) is 15.6 Å². The number of sulfone groups is 1. The Labute approximate surface area is 248 Å². The summed E-state index contributed by atoms with van der Waals surface area (Å²) in [5, 5.41) is 2.47. The maximum Gasteiger partial charge on any atom is 0.229 e. The van der Waals surface area contributed by atoms with Crippen molar-refractivity contribution >= 4 is 38.9 Å². The number of likely N-dealkylation sites (tertiary alicyclic amines) is 1. The van der Waals surface area contributed by atoms with Crippen LogP contribution in [0.4, 0.5) is 0 Å². The van der Waals surface area contributed by atoms with E-state index in [1.807, 2.05) is 81.1 Å². The molecule has 0 aliphatic carbocycles. The van der Waals surface area contributed by atoms with E-state index in [1.54, 1.807) is 13.0 Å². The zero-order chi connectivity index (χ0) is 29.3. The van der Waals surface area contributed by atoms with Crippen LogP contribution < -0.4 is 0 Å². The van der Waals surface area contributed by atoms with Gasteiger partial charge in [0.05, 0.1) is 30.5 Å². The van der Waals surface area contributed by atoms with Crippen molar-refractivity contribution in [2.75, 3.05) is 12.4 Å². The highest BCUT2D eigenvalue weighted by molar-refractivity contribution is 7.94. The summed E-state index contributed by atoms with van der Waals surface area (Å²) < 4.78 is 36.9. The van der Waals surface area contributed by atoms with Crippen molar-refractivity contribution in [1.82, 2.24) is 4.90 Å². The summed E-state index contributed by atoms with van der Waals surface area (Å²) in [6, 6.07) is 14.5. The van der Waals surface area contributed by atoms with Crippen LogP contribution in [0.2, 0.25) is 10.0 Å². The van der Waals surface area contributed by atoms with Crippen molar-refractivity contribution in [2.45, 2.75) is 83.8 Å². The van der Waals surface area contributed by atoms with Gasteiger partial charge in [-0.1, -0.05) is 74.3 Å². The van der Waals surface area contributed by atoms with Crippen molar-refractivity contribution in [3.05, 3.63) is 81.2 Å². The molecule has 2 aliphatic rings. The summed E-state index contributed by atoms with van der Waals surface area (Å²) in [6.45, 7) is 9.73. The monoisotopic (exact) mass is 607 g/mol. The van der Waals surface area contributed by atoms with Crippen LogP contribution in [-0.2, 0) is 24.1 Å². The van der Waals surface area contributed by atoms with Crippen LogP contribution in [0.1, 0.15) is 77.0 Å². The molecule has 0 N–H and O–H groups in total. The number of carbonyl (C=O) groups is 1. The molecule has 2 heterocycles. The van der Waals surface area contributed by atoms with Gasteiger partial charge >= 0.3 is 0 Å². The summed E-state index contributed by atoms with van der Waals surface area (Å²) in [4.78, 5) is 16.6. The van der Waals surface area contributed by atoms with E-state index in [2.05, 4.69) is 0 Å². The highest BCUT2D eigenvalue weighted by Crippen LogP contribution is 2.53. The molecule has 0 spiro atoms. The van der Waals surface area contributed by atoms with E-state index in [-0.39, 0.29) is 29.7 Å². The second-order valence-corrected chi connectivity index (χ2v) is 14.6. The molecule has 0 saturated carbocycles. The number of carbonyl (C=O) groups excluding carboxylic acids is 1. The standard InChI is InChI=1S/C31H39Cl2NO5S/c1-6-25(15-16-40(36,37)7-2)34-28(21-11-13-23(32)14-12-21)27(22-9-8-10-24(33)17-22)19-31(5,29(34)35)18-26-20-38-30(3,4)39-26/h8-17,25-28H,6-7,18-20H2,1-5H3/b16-15+/t25-,26?,27+,28?,31-/m0/s1. The third-order valence-corrected chi connectivity index (χ3v) is 9.89. The first kappa shape index (κ1) is 31.0. The van der Waals surface area contributed by atoms with Crippen LogP contribution in [0.15, 0.2) is 60.0 Å². The molecule has 9 heteroatoms. The topological polar surface area (TPSA) is 72.9 Å². The maximum atomic E-state index is 14.7. The summed E-state index contributed by atoms with van der Waals surface area (Å²) in [5.41, 5.74) is 1.14.